The lowest BCUT2D eigenvalue weighted by molar-refractivity contribution is 0.426. The summed E-state index contributed by atoms with van der Waals surface area (Å²) < 4.78 is 0. The molecule has 0 saturated carbocycles. The van der Waals surface area contributed by atoms with Gasteiger partial charge in [0.25, 0.3) is 0 Å². The molecule has 0 amide bonds. The van der Waals surface area contributed by atoms with Gasteiger partial charge in [-0.1, -0.05) is 0 Å². The molecule has 1 aliphatic heterocycles. The number of nitrogens with one attached hydrogen (secondary N) is 1. The second-order valence-electron chi connectivity index (χ2n) is 2.99. The molecular weight excluding hydrogens is 152 g/mol. The molecule has 0 unspecified atom stereocenters. The summed E-state index contributed by atoms with van der Waals surface area (Å²) in [5, 5.41) is 3.23. The first-order valence-corrected chi connectivity index (χ1v) is 4.07. The zero-order valence-corrected chi connectivity index (χ0v) is 7.07. The van der Waals surface area contributed by atoms with Crippen LogP contribution in [0.2, 0.25) is 0 Å². The molecule has 1 aromatic rings. The van der Waals surface area contributed by atoms with Gasteiger partial charge in [-0.2, -0.15) is 0 Å². The lowest BCUT2D eigenvalue weighted by Crippen LogP contribution is -2.56. The van der Waals surface area contributed by atoms with Crippen molar-refractivity contribution in [3.8, 4) is 0 Å². The second-order valence-corrected chi connectivity index (χ2v) is 2.99. The van der Waals surface area contributed by atoms with Crippen LogP contribution in [0, 0.1) is 0 Å². The van der Waals surface area contributed by atoms with Crippen LogP contribution >= 0.6 is 0 Å². The van der Waals surface area contributed by atoms with Crippen LogP contribution in [0.25, 0.3) is 0 Å². The van der Waals surface area contributed by atoms with E-state index in [1.54, 1.807) is 12.5 Å². The highest BCUT2D eigenvalue weighted by Crippen LogP contribution is 2.11. The molecule has 0 bridgehead atoms. The molecular formula is C8H12N4. The number of anilines is 1. The van der Waals surface area contributed by atoms with E-state index in [0.717, 1.165) is 18.9 Å². The number of likely N-dealkylation sites (N-methyl/N-ethyl adjacent to an activating group) is 1. The molecule has 1 aliphatic rings. The maximum absolute atomic E-state index is 4.17. The van der Waals surface area contributed by atoms with Crippen molar-refractivity contribution in [3.63, 3.8) is 0 Å². The van der Waals surface area contributed by atoms with E-state index >= 15 is 0 Å². The number of hydrogen-bond donors (Lipinski definition) is 1. The first-order chi connectivity index (χ1) is 5.88. The standard InChI is InChI=1S/C8H12N4/c1-12(7-4-10-5-7)8-2-3-9-6-11-8/h2-3,6-7,10H,4-5H2,1H3. The van der Waals surface area contributed by atoms with Gasteiger partial charge in [-0.3, -0.25) is 0 Å². The smallest absolute Gasteiger partial charge is 0.131 e. The van der Waals surface area contributed by atoms with Gasteiger partial charge in [0, 0.05) is 26.3 Å². The Bertz CT molecular complexity index is 244. The van der Waals surface area contributed by atoms with Gasteiger partial charge in [-0.15, -0.1) is 0 Å². The van der Waals surface area contributed by atoms with Crippen molar-refractivity contribution in [1.29, 1.82) is 0 Å². The molecule has 64 valence electrons. The van der Waals surface area contributed by atoms with Gasteiger partial charge in [-0.25, -0.2) is 9.97 Å². The Morgan fingerprint density at radius 2 is 2.42 bits per heavy atom. The van der Waals surface area contributed by atoms with Crippen LogP contribution in [-0.2, 0) is 0 Å². The van der Waals surface area contributed by atoms with Crippen molar-refractivity contribution in [2.24, 2.45) is 0 Å². The van der Waals surface area contributed by atoms with Crippen LogP contribution < -0.4 is 10.2 Å². The molecule has 1 fully saturated rings. The quantitative estimate of drug-likeness (QED) is 0.662. The zero-order valence-electron chi connectivity index (χ0n) is 7.07. The maximum atomic E-state index is 4.17. The Morgan fingerprint density at radius 3 is 2.92 bits per heavy atom. The fourth-order valence-corrected chi connectivity index (χ4v) is 1.23. The summed E-state index contributed by atoms with van der Waals surface area (Å²) in [7, 11) is 2.06. The Labute approximate surface area is 71.6 Å². The molecule has 2 rings (SSSR count). The summed E-state index contributed by atoms with van der Waals surface area (Å²) in [5.74, 6) is 0.997. The average Bonchev–Trinajstić information content (AvgIpc) is 2.03. The number of rotatable bonds is 2. The van der Waals surface area contributed by atoms with Crippen LogP contribution in [0.3, 0.4) is 0 Å². The van der Waals surface area contributed by atoms with Gasteiger partial charge in [0.15, 0.2) is 0 Å². The summed E-state index contributed by atoms with van der Waals surface area (Å²) in [4.78, 5) is 10.2. The lowest BCUT2D eigenvalue weighted by Gasteiger charge is -2.36. The van der Waals surface area contributed by atoms with Gasteiger partial charge in [0.1, 0.15) is 12.1 Å². The van der Waals surface area contributed by atoms with Crippen LogP contribution in [0.4, 0.5) is 5.82 Å². The molecule has 1 N–H and O–H groups in total. The number of aromatic nitrogens is 2. The maximum Gasteiger partial charge on any atom is 0.131 e. The Hall–Kier alpha value is -1.16. The molecule has 4 nitrogen and oxygen atoms in total. The third-order valence-corrected chi connectivity index (χ3v) is 2.24. The zero-order chi connectivity index (χ0) is 8.39. The first-order valence-electron chi connectivity index (χ1n) is 4.07. The monoisotopic (exact) mass is 164 g/mol. The summed E-state index contributed by atoms with van der Waals surface area (Å²) in [6.45, 7) is 2.11. The van der Waals surface area contributed by atoms with Crippen molar-refractivity contribution in [2.45, 2.75) is 6.04 Å². The van der Waals surface area contributed by atoms with E-state index in [1.165, 1.54) is 0 Å². The predicted molar refractivity (Wildman–Crippen MR) is 47.1 cm³/mol. The van der Waals surface area contributed by atoms with Gasteiger partial charge >= 0.3 is 0 Å². The second kappa shape index (κ2) is 3.06. The SMILES string of the molecule is CN(c1ccncn1)C1CNC1. The molecule has 2 heterocycles. The Balaban J connectivity index is 2.08. The largest absolute Gasteiger partial charge is 0.354 e. The minimum atomic E-state index is 0.597. The number of nitrogens with zero attached hydrogens (tertiary/aromatic N) is 3. The minimum Gasteiger partial charge on any atom is -0.354 e. The van der Waals surface area contributed by atoms with Crippen LogP contribution in [0.1, 0.15) is 0 Å². The molecule has 0 aliphatic carbocycles. The fourth-order valence-electron chi connectivity index (χ4n) is 1.23. The van der Waals surface area contributed by atoms with Crippen molar-refractivity contribution in [3.05, 3.63) is 18.6 Å². The van der Waals surface area contributed by atoms with E-state index in [9.17, 15) is 0 Å². The highest BCUT2D eigenvalue weighted by Gasteiger charge is 2.21. The first kappa shape index (κ1) is 7.49. The van der Waals surface area contributed by atoms with E-state index in [2.05, 4.69) is 27.2 Å². The third kappa shape index (κ3) is 1.25. The topological polar surface area (TPSA) is 41.1 Å². The highest BCUT2D eigenvalue weighted by molar-refractivity contribution is 5.37. The Morgan fingerprint density at radius 1 is 1.58 bits per heavy atom. The predicted octanol–water partition coefficient (Wildman–Crippen LogP) is -0.115. The lowest BCUT2D eigenvalue weighted by atomic mass is 10.1. The molecule has 0 aromatic carbocycles. The molecule has 0 atom stereocenters. The van der Waals surface area contributed by atoms with Gasteiger partial charge in [-0.05, 0) is 6.07 Å². The van der Waals surface area contributed by atoms with E-state index in [4.69, 9.17) is 0 Å². The molecule has 1 saturated heterocycles. The van der Waals surface area contributed by atoms with E-state index < -0.39 is 0 Å². The third-order valence-electron chi connectivity index (χ3n) is 2.24. The summed E-state index contributed by atoms with van der Waals surface area (Å²) in [6.07, 6.45) is 3.35. The summed E-state index contributed by atoms with van der Waals surface area (Å²) >= 11 is 0. The molecule has 1 aromatic heterocycles. The van der Waals surface area contributed by atoms with Crippen molar-refractivity contribution >= 4 is 5.82 Å². The fraction of sp³-hybridized carbons (Fsp3) is 0.500. The van der Waals surface area contributed by atoms with Gasteiger partial charge < -0.3 is 10.2 Å². The molecule has 4 heteroatoms. The van der Waals surface area contributed by atoms with Crippen molar-refractivity contribution in [2.75, 3.05) is 25.0 Å². The number of hydrogen-bond acceptors (Lipinski definition) is 4. The summed E-state index contributed by atoms with van der Waals surface area (Å²) in [5.41, 5.74) is 0. The molecule has 0 spiro atoms. The van der Waals surface area contributed by atoms with Crippen molar-refractivity contribution < 1.29 is 0 Å². The van der Waals surface area contributed by atoms with Gasteiger partial charge in [0.05, 0.1) is 6.04 Å². The van der Waals surface area contributed by atoms with Crippen LogP contribution in [-0.4, -0.2) is 36.1 Å². The van der Waals surface area contributed by atoms with Crippen LogP contribution in [0.15, 0.2) is 18.6 Å². The van der Waals surface area contributed by atoms with E-state index in [-0.39, 0.29) is 0 Å². The highest BCUT2D eigenvalue weighted by atomic mass is 15.3. The Kier molecular flexibility index (Phi) is 1.91. The summed E-state index contributed by atoms with van der Waals surface area (Å²) in [6, 6.07) is 2.53. The van der Waals surface area contributed by atoms with Crippen LogP contribution in [0.5, 0.6) is 0 Å². The van der Waals surface area contributed by atoms with Gasteiger partial charge in [0.2, 0.25) is 0 Å². The van der Waals surface area contributed by atoms with E-state index in [1.807, 2.05) is 6.07 Å². The molecule has 0 radical (unpaired) electrons. The average molecular weight is 164 g/mol. The van der Waals surface area contributed by atoms with Crippen molar-refractivity contribution in [1.82, 2.24) is 15.3 Å². The minimum absolute atomic E-state index is 0.597. The molecule has 12 heavy (non-hydrogen) atoms. The van der Waals surface area contributed by atoms with E-state index in [0.29, 0.717) is 6.04 Å². The normalized spacial score (nSPS) is 17.1.